The zero-order valence-corrected chi connectivity index (χ0v) is 11.3. The highest BCUT2D eigenvalue weighted by atomic mass is 32.2. The lowest BCUT2D eigenvalue weighted by atomic mass is 10.2. The normalized spacial score (nSPS) is 24.8. The summed E-state index contributed by atoms with van der Waals surface area (Å²) in [5.74, 6) is 1.02. The fourth-order valence-electron chi connectivity index (χ4n) is 2.34. The maximum Gasteiger partial charge on any atom is 0.151 e. The summed E-state index contributed by atoms with van der Waals surface area (Å²) >= 11 is 2.03. The molecule has 2 heterocycles. The van der Waals surface area contributed by atoms with Gasteiger partial charge < -0.3 is 4.90 Å². The van der Waals surface area contributed by atoms with E-state index in [1.807, 2.05) is 24.8 Å². The molecular weight excluding hydrogens is 232 g/mol. The molecule has 0 spiro atoms. The molecule has 0 radical (unpaired) electrons. The number of aryl methyl sites for hydroxylation is 1. The van der Waals surface area contributed by atoms with Crippen LogP contribution < -0.4 is 4.90 Å². The summed E-state index contributed by atoms with van der Waals surface area (Å²) in [6.45, 7) is 8.59. The summed E-state index contributed by atoms with van der Waals surface area (Å²) in [5.41, 5.74) is 1.74. The molecule has 1 fully saturated rings. The molecule has 1 saturated heterocycles. The predicted molar refractivity (Wildman–Crippen MR) is 73.1 cm³/mol. The first kappa shape index (κ1) is 12.4. The van der Waals surface area contributed by atoms with Gasteiger partial charge in [0.2, 0.25) is 0 Å². The number of hydrogen-bond donors (Lipinski definition) is 0. The predicted octanol–water partition coefficient (Wildman–Crippen LogP) is 2.53. The SMILES string of the molecule is Cc1cc(C=O)cnc1N1CC(C)SC(C)C1. The van der Waals surface area contributed by atoms with Gasteiger partial charge in [-0.05, 0) is 18.6 Å². The molecule has 1 aliphatic heterocycles. The summed E-state index contributed by atoms with van der Waals surface area (Å²) in [6, 6.07) is 1.91. The largest absolute Gasteiger partial charge is 0.354 e. The van der Waals surface area contributed by atoms with E-state index in [-0.39, 0.29) is 0 Å². The molecule has 17 heavy (non-hydrogen) atoms. The fraction of sp³-hybridized carbons (Fsp3) is 0.538. The molecule has 1 aromatic rings. The Kier molecular flexibility index (Phi) is 3.72. The van der Waals surface area contributed by atoms with Crippen molar-refractivity contribution in [3.05, 3.63) is 23.4 Å². The summed E-state index contributed by atoms with van der Waals surface area (Å²) in [7, 11) is 0. The first-order valence-electron chi connectivity index (χ1n) is 5.92. The van der Waals surface area contributed by atoms with Crippen molar-refractivity contribution in [1.29, 1.82) is 0 Å². The van der Waals surface area contributed by atoms with Gasteiger partial charge in [-0.25, -0.2) is 4.98 Å². The Morgan fingerprint density at radius 1 is 1.41 bits per heavy atom. The Labute approximate surface area is 107 Å². The van der Waals surface area contributed by atoms with Gasteiger partial charge in [-0.2, -0.15) is 11.8 Å². The minimum atomic E-state index is 0.630. The van der Waals surface area contributed by atoms with E-state index in [0.717, 1.165) is 30.8 Å². The minimum absolute atomic E-state index is 0.630. The van der Waals surface area contributed by atoms with Crippen LogP contribution in [-0.2, 0) is 0 Å². The van der Waals surface area contributed by atoms with Crippen molar-refractivity contribution in [1.82, 2.24) is 4.98 Å². The van der Waals surface area contributed by atoms with E-state index < -0.39 is 0 Å². The summed E-state index contributed by atoms with van der Waals surface area (Å²) < 4.78 is 0. The van der Waals surface area contributed by atoms with Crippen molar-refractivity contribution in [2.45, 2.75) is 31.3 Å². The minimum Gasteiger partial charge on any atom is -0.354 e. The van der Waals surface area contributed by atoms with E-state index in [9.17, 15) is 4.79 Å². The topological polar surface area (TPSA) is 33.2 Å². The van der Waals surface area contributed by atoms with Crippen molar-refractivity contribution >= 4 is 23.9 Å². The maximum absolute atomic E-state index is 10.7. The molecule has 0 aromatic carbocycles. The zero-order chi connectivity index (χ0) is 12.4. The summed E-state index contributed by atoms with van der Waals surface area (Å²) in [6.07, 6.45) is 2.51. The molecule has 0 aliphatic carbocycles. The number of carbonyl (C=O) groups excluding carboxylic acids is 1. The summed E-state index contributed by atoms with van der Waals surface area (Å²) in [5, 5.41) is 1.26. The van der Waals surface area contributed by atoms with Crippen molar-refractivity contribution in [3.63, 3.8) is 0 Å². The van der Waals surface area contributed by atoms with Crippen molar-refractivity contribution < 1.29 is 4.79 Å². The second kappa shape index (κ2) is 5.08. The third-order valence-electron chi connectivity index (χ3n) is 2.93. The van der Waals surface area contributed by atoms with Gasteiger partial charge in [-0.15, -0.1) is 0 Å². The monoisotopic (exact) mass is 250 g/mol. The van der Waals surface area contributed by atoms with E-state index >= 15 is 0 Å². The first-order chi connectivity index (χ1) is 8.10. The van der Waals surface area contributed by atoms with Crippen LogP contribution in [0.25, 0.3) is 0 Å². The maximum atomic E-state index is 10.7. The van der Waals surface area contributed by atoms with Gasteiger partial charge in [0.05, 0.1) is 0 Å². The van der Waals surface area contributed by atoms with E-state index in [4.69, 9.17) is 0 Å². The molecule has 0 bridgehead atoms. The molecule has 2 unspecified atom stereocenters. The van der Waals surface area contributed by atoms with Crippen molar-refractivity contribution in [2.75, 3.05) is 18.0 Å². The van der Waals surface area contributed by atoms with Gasteiger partial charge in [0.15, 0.2) is 6.29 Å². The van der Waals surface area contributed by atoms with Crippen molar-refractivity contribution in [2.24, 2.45) is 0 Å². The summed E-state index contributed by atoms with van der Waals surface area (Å²) in [4.78, 5) is 17.4. The van der Waals surface area contributed by atoms with Crippen LogP contribution in [0.15, 0.2) is 12.3 Å². The number of aromatic nitrogens is 1. The Balaban J connectivity index is 2.24. The standard InChI is InChI=1S/C13H18N2OS/c1-9-4-12(8-16)5-14-13(9)15-6-10(2)17-11(3)7-15/h4-5,8,10-11H,6-7H2,1-3H3. The van der Waals surface area contributed by atoms with Gasteiger partial charge in [0.1, 0.15) is 5.82 Å². The van der Waals surface area contributed by atoms with Gasteiger partial charge >= 0.3 is 0 Å². The Bertz CT molecular complexity index is 412. The van der Waals surface area contributed by atoms with Gasteiger partial charge in [0, 0.05) is 35.3 Å². The third-order valence-corrected chi connectivity index (χ3v) is 4.15. The van der Waals surface area contributed by atoms with Gasteiger partial charge in [0.25, 0.3) is 0 Å². The number of rotatable bonds is 2. The Hall–Kier alpha value is -1.03. The fourth-order valence-corrected chi connectivity index (χ4v) is 3.66. The molecule has 0 amide bonds. The lowest BCUT2D eigenvalue weighted by Crippen LogP contribution is -2.41. The van der Waals surface area contributed by atoms with Crippen LogP contribution in [0.1, 0.15) is 29.8 Å². The van der Waals surface area contributed by atoms with Crippen LogP contribution in [0.2, 0.25) is 0 Å². The Morgan fingerprint density at radius 2 is 2.06 bits per heavy atom. The number of hydrogen-bond acceptors (Lipinski definition) is 4. The molecule has 0 N–H and O–H groups in total. The molecule has 1 aromatic heterocycles. The van der Waals surface area contributed by atoms with E-state index in [2.05, 4.69) is 23.7 Å². The zero-order valence-electron chi connectivity index (χ0n) is 10.5. The highest BCUT2D eigenvalue weighted by molar-refractivity contribution is 8.00. The lowest BCUT2D eigenvalue weighted by Gasteiger charge is -2.36. The highest BCUT2D eigenvalue weighted by Crippen LogP contribution is 2.29. The lowest BCUT2D eigenvalue weighted by molar-refractivity contribution is 0.112. The van der Waals surface area contributed by atoms with E-state index in [1.165, 1.54) is 0 Å². The average Bonchev–Trinajstić information content (AvgIpc) is 2.27. The van der Waals surface area contributed by atoms with Crippen LogP contribution in [0.3, 0.4) is 0 Å². The molecule has 2 atom stereocenters. The molecule has 1 aliphatic rings. The highest BCUT2D eigenvalue weighted by Gasteiger charge is 2.24. The molecule has 0 saturated carbocycles. The second-order valence-electron chi connectivity index (χ2n) is 4.69. The smallest absolute Gasteiger partial charge is 0.151 e. The van der Waals surface area contributed by atoms with E-state index in [1.54, 1.807) is 6.20 Å². The number of pyridine rings is 1. The van der Waals surface area contributed by atoms with Crippen LogP contribution >= 0.6 is 11.8 Å². The number of thioether (sulfide) groups is 1. The molecule has 2 rings (SSSR count). The molecule has 92 valence electrons. The second-order valence-corrected chi connectivity index (χ2v) is 6.57. The Morgan fingerprint density at radius 3 is 2.59 bits per heavy atom. The number of anilines is 1. The number of nitrogens with zero attached hydrogens (tertiary/aromatic N) is 2. The number of aldehydes is 1. The molecule has 4 heteroatoms. The van der Waals surface area contributed by atoms with Gasteiger partial charge in [-0.3, -0.25) is 4.79 Å². The average molecular weight is 250 g/mol. The van der Waals surface area contributed by atoms with Crippen LogP contribution in [-0.4, -0.2) is 34.9 Å². The van der Waals surface area contributed by atoms with Gasteiger partial charge in [-0.1, -0.05) is 13.8 Å². The van der Waals surface area contributed by atoms with Crippen LogP contribution in [0.5, 0.6) is 0 Å². The molecular formula is C13H18N2OS. The van der Waals surface area contributed by atoms with E-state index in [0.29, 0.717) is 16.1 Å². The van der Waals surface area contributed by atoms with Crippen molar-refractivity contribution in [3.8, 4) is 0 Å². The molecule has 3 nitrogen and oxygen atoms in total. The number of carbonyl (C=O) groups is 1. The quantitative estimate of drug-likeness (QED) is 0.755. The third kappa shape index (κ3) is 2.80. The van der Waals surface area contributed by atoms with Crippen LogP contribution in [0, 0.1) is 6.92 Å². The first-order valence-corrected chi connectivity index (χ1v) is 6.86. The van der Waals surface area contributed by atoms with Crippen LogP contribution in [0.4, 0.5) is 5.82 Å².